The second kappa shape index (κ2) is 5.22. The number of methoxy groups -OCH3 is 1. The van der Waals surface area contributed by atoms with E-state index in [0.29, 0.717) is 0 Å². The van der Waals surface area contributed by atoms with Gasteiger partial charge in [0.25, 0.3) is 0 Å². The van der Waals surface area contributed by atoms with Crippen LogP contribution in [0.4, 0.5) is 0 Å². The van der Waals surface area contributed by atoms with Gasteiger partial charge in [-0.05, 0) is 103 Å². The lowest BCUT2D eigenvalue weighted by Gasteiger charge is -2.57. The number of carbonyl (C=O) groups excluding carboxylic acids is 1. The van der Waals surface area contributed by atoms with Crippen molar-refractivity contribution in [3.05, 3.63) is 26.8 Å². The lowest BCUT2D eigenvalue weighted by atomic mass is 9.48. The maximum absolute atomic E-state index is 11.9. The van der Waals surface area contributed by atoms with Gasteiger partial charge in [0.1, 0.15) is 5.75 Å². The van der Waals surface area contributed by atoms with Crippen molar-refractivity contribution in [3.63, 3.8) is 0 Å². The molecule has 1 aromatic rings. The maximum atomic E-state index is 11.9. The van der Waals surface area contributed by atoms with Crippen molar-refractivity contribution in [2.75, 3.05) is 7.11 Å². The SMILES string of the molecule is COc1c(I)cc(C(C)=O)cc1C12CC3CC(CC(C3)C1)C2. The van der Waals surface area contributed by atoms with Crippen LogP contribution in [0.5, 0.6) is 5.75 Å². The summed E-state index contributed by atoms with van der Waals surface area (Å²) < 4.78 is 6.86. The van der Waals surface area contributed by atoms with Crippen LogP contribution in [0.3, 0.4) is 0 Å². The second-order valence-corrected chi connectivity index (χ2v) is 8.96. The van der Waals surface area contributed by atoms with Gasteiger partial charge in [0.15, 0.2) is 5.78 Å². The molecule has 4 fully saturated rings. The lowest BCUT2D eigenvalue weighted by Crippen LogP contribution is -2.48. The Hall–Kier alpha value is -0.580. The van der Waals surface area contributed by atoms with E-state index >= 15 is 0 Å². The van der Waals surface area contributed by atoms with E-state index in [1.807, 2.05) is 6.07 Å². The molecule has 3 heteroatoms. The maximum Gasteiger partial charge on any atom is 0.159 e. The Kier molecular flexibility index (Phi) is 3.55. The van der Waals surface area contributed by atoms with Gasteiger partial charge < -0.3 is 4.74 Å². The van der Waals surface area contributed by atoms with Gasteiger partial charge in [-0.15, -0.1) is 0 Å². The molecule has 0 heterocycles. The van der Waals surface area contributed by atoms with E-state index in [2.05, 4.69) is 28.7 Å². The third kappa shape index (κ3) is 2.22. The fourth-order valence-corrected chi connectivity index (χ4v) is 6.68. The fraction of sp³-hybridized carbons (Fsp3) is 0.632. The Morgan fingerprint density at radius 2 is 1.68 bits per heavy atom. The normalized spacial score (nSPS) is 35.7. The summed E-state index contributed by atoms with van der Waals surface area (Å²) in [6.07, 6.45) is 8.20. The minimum Gasteiger partial charge on any atom is -0.495 e. The number of Topliss-reactive ketones (excluding diaryl/α,β-unsaturated/α-hetero) is 1. The number of benzene rings is 1. The summed E-state index contributed by atoms with van der Waals surface area (Å²) in [4.78, 5) is 11.9. The molecule has 1 aromatic carbocycles. The number of hydrogen-bond donors (Lipinski definition) is 0. The van der Waals surface area contributed by atoms with Crippen molar-refractivity contribution >= 4 is 28.4 Å². The molecule has 5 rings (SSSR count). The number of rotatable bonds is 3. The van der Waals surface area contributed by atoms with Crippen molar-refractivity contribution in [3.8, 4) is 5.75 Å². The van der Waals surface area contributed by atoms with Gasteiger partial charge in [-0.3, -0.25) is 4.79 Å². The van der Waals surface area contributed by atoms with Gasteiger partial charge in [-0.2, -0.15) is 0 Å². The van der Waals surface area contributed by atoms with Gasteiger partial charge in [-0.1, -0.05) is 0 Å². The molecule has 0 atom stereocenters. The topological polar surface area (TPSA) is 26.3 Å². The number of carbonyl (C=O) groups is 1. The highest BCUT2D eigenvalue weighted by molar-refractivity contribution is 14.1. The third-order valence-corrected chi connectivity index (χ3v) is 7.07. The molecule has 2 nitrogen and oxygen atoms in total. The predicted octanol–water partition coefficient (Wildman–Crippen LogP) is 4.97. The molecule has 0 aliphatic heterocycles. The Labute approximate surface area is 146 Å². The van der Waals surface area contributed by atoms with Crippen LogP contribution >= 0.6 is 22.6 Å². The Bertz CT molecular complexity index is 599. The summed E-state index contributed by atoms with van der Waals surface area (Å²) in [5, 5.41) is 0. The molecular formula is C19H23IO2. The first kappa shape index (κ1) is 15.0. The molecule has 22 heavy (non-hydrogen) atoms. The quantitative estimate of drug-likeness (QED) is 0.520. The first-order valence-corrected chi connectivity index (χ1v) is 9.47. The molecule has 0 unspecified atom stereocenters. The van der Waals surface area contributed by atoms with Crippen molar-refractivity contribution in [1.29, 1.82) is 0 Å². The van der Waals surface area contributed by atoms with Gasteiger partial charge >= 0.3 is 0 Å². The van der Waals surface area contributed by atoms with E-state index in [0.717, 1.165) is 32.6 Å². The summed E-state index contributed by atoms with van der Waals surface area (Å²) in [5.41, 5.74) is 2.44. The molecule has 0 radical (unpaired) electrons. The monoisotopic (exact) mass is 410 g/mol. The van der Waals surface area contributed by atoms with Crippen molar-refractivity contribution in [1.82, 2.24) is 0 Å². The highest BCUT2D eigenvalue weighted by atomic mass is 127. The minimum absolute atomic E-state index is 0.159. The molecule has 0 saturated heterocycles. The van der Waals surface area contributed by atoms with E-state index in [1.165, 1.54) is 44.1 Å². The summed E-state index contributed by atoms with van der Waals surface area (Å²) >= 11 is 2.33. The average Bonchev–Trinajstić information content (AvgIpc) is 2.44. The largest absolute Gasteiger partial charge is 0.495 e. The molecule has 0 spiro atoms. The molecule has 0 aromatic heterocycles. The first-order chi connectivity index (χ1) is 10.5. The van der Waals surface area contributed by atoms with Crippen LogP contribution in [-0.4, -0.2) is 12.9 Å². The van der Waals surface area contributed by atoms with E-state index in [-0.39, 0.29) is 11.2 Å². The minimum atomic E-state index is 0.159. The van der Waals surface area contributed by atoms with Crippen LogP contribution in [0, 0.1) is 21.3 Å². The Morgan fingerprint density at radius 1 is 1.14 bits per heavy atom. The van der Waals surface area contributed by atoms with Crippen molar-refractivity contribution in [2.24, 2.45) is 17.8 Å². The van der Waals surface area contributed by atoms with Crippen LogP contribution in [0.15, 0.2) is 12.1 Å². The zero-order valence-corrected chi connectivity index (χ0v) is 15.5. The zero-order chi connectivity index (χ0) is 15.5. The van der Waals surface area contributed by atoms with Crippen molar-refractivity contribution in [2.45, 2.75) is 50.9 Å². The second-order valence-electron chi connectivity index (χ2n) is 7.79. The van der Waals surface area contributed by atoms with Crippen LogP contribution in [0.25, 0.3) is 0 Å². The van der Waals surface area contributed by atoms with Crippen molar-refractivity contribution < 1.29 is 9.53 Å². The van der Waals surface area contributed by atoms with Crippen LogP contribution in [-0.2, 0) is 5.41 Å². The molecule has 4 aliphatic rings. The smallest absolute Gasteiger partial charge is 0.159 e. The lowest BCUT2D eigenvalue weighted by molar-refractivity contribution is -0.00622. The summed E-state index contributed by atoms with van der Waals surface area (Å²) in [6.45, 7) is 1.67. The van der Waals surface area contributed by atoms with Gasteiger partial charge in [0.2, 0.25) is 0 Å². The Morgan fingerprint density at radius 3 is 2.14 bits per heavy atom. The summed E-state index contributed by atoms with van der Waals surface area (Å²) in [6, 6.07) is 4.13. The van der Waals surface area contributed by atoms with Crippen LogP contribution in [0.1, 0.15) is 61.4 Å². The molecule has 4 bridgehead atoms. The van der Waals surface area contributed by atoms with E-state index in [4.69, 9.17) is 4.74 Å². The van der Waals surface area contributed by atoms with Crippen LogP contribution < -0.4 is 4.74 Å². The van der Waals surface area contributed by atoms with Gasteiger partial charge in [-0.25, -0.2) is 0 Å². The number of hydrogen-bond acceptors (Lipinski definition) is 2. The molecule has 4 saturated carbocycles. The fourth-order valence-electron chi connectivity index (χ4n) is 5.84. The van der Waals surface area contributed by atoms with Crippen LogP contribution in [0.2, 0.25) is 0 Å². The first-order valence-electron chi connectivity index (χ1n) is 8.40. The van der Waals surface area contributed by atoms with E-state index in [9.17, 15) is 4.79 Å². The average molecular weight is 410 g/mol. The number of ketones is 1. The summed E-state index contributed by atoms with van der Waals surface area (Å²) in [5.74, 6) is 3.87. The highest BCUT2D eigenvalue weighted by Gasteiger charge is 2.52. The zero-order valence-electron chi connectivity index (χ0n) is 13.3. The molecule has 0 amide bonds. The molecule has 4 aliphatic carbocycles. The number of ether oxygens (including phenoxy) is 1. The molecule has 118 valence electrons. The van der Waals surface area contributed by atoms with E-state index < -0.39 is 0 Å². The van der Waals surface area contributed by atoms with Gasteiger partial charge in [0, 0.05) is 11.1 Å². The van der Waals surface area contributed by atoms with E-state index in [1.54, 1.807) is 14.0 Å². The standard InChI is InChI=1S/C19H23IO2/c1-11(21)15-6-16(18(22-2)17(20)7-15)19-8-12-3-13(9-19)5-14(4-12)10-19/h6-7,12-14H,3-5,8-10H2,1-2H3. The number of halogens is 1. The Balaban J connectivity index is 1.86. The van der Waals surface area contributed by atoms with Gasteiger partial charge in [0.05, 0.1) is 10.7 Å². The third-order valence-electron chi connectivity index (χ3n) is 6.26. The highest BCUT2D eigenvalue weighted by Crippen LogP contribution is 2.62. The molecule has 0 N–H and O–H groups in total. The summed E-state index contributed by atoms with van der Waals surface area (Å²) in [7, 11) is 1.77. The molecular weight excluding hydrogens is 387 g/mol. The predicted molar refractivity (Wildman–Crippen MR) is 95.6 cm³/mol.